The summed E-state index contributed by atoms with van der Waals surface area (Å²) in [6.45, 7) is 2.78. The molecule has 2 N–H and O–H groups in total. The molecular formula is C17H15F3N8O4. The molecular weight excluding hydrogens is 437 g/mol. The van der Waals surface area contributed by atoms with Crippen molar-refractivity contribution in [3.8, 4) is 17.6 Å². The molecule has 0 atom stereocenters. The highest BCUT2D eigenvalue weighted by atomic mass is 19.4. The van der Waals surface area contributed by atoms with Gasteiger partial charge in [-0.25, -0.2) is 19.7 Å². The third kappa shape index (κ3) is 5.10. The highest BCUT2D eigenvalue weighted by Gasteiger charge is 2.38. The van der Waals surface area contributed by atoms with Gasteiger partial charge >= 0.3 is 12.1 Å². The predicted molar refractivity (Wildman–Crippen MR) is 101 cm³/mol. The topological polar surface area (TPSA) is 155 Å². The van der Waals surface area contributed by atoms with Gasteiger partial charge in [-0.1, -0.05) is 0 Å². The Bertz CT molecular complexity index is 1190. The molecule has 3 aromatic rings. The second-order valence-corrected chi connectivity index (χ2v) is 6.21. The number of carboxylic acids is 1. The molecule has 1 aliphatic rings. The summed E-state index contributed by atoms with van der Waals surface area (Å²) in [6.07, 6.45) is 0.806. The summed E-state index contributed by atoms with van der Waals surface area (Å²) in [4.78, 5) is 36.0. The molecule has 4 heterocycles. The lowest BCUT2D eigenvalue weighted by molar-refractivity contribution is -0.192. The minimum absolute atomic E-state index is 0.240. The molecule has 12 nitrogen and oxygen atoms in total. The Kier molecular flexibility index (Phi) is 6.54. The number of hydrogen-bond acceptors (Lipinski definition) is 8. The van der Waals surface area contributed by atoms with E-state index in [9.17, 15) is 18.0 Å². The monoisotopic (exact) mass is 452 g/mol. The van der Waals surface area contributed by atoms with Crippen LogP contribution in [-0.2, 0) is 9.53 Å². The van der Waals surface area contributed by atoms with E-state index in [1.807, 2.05) is 6.07 Å². The molecule has 0 unspecified atom stereocenters. The maximum absolute atomic E-state index is 12.7. The first-order valence-corrected chi connectivity index (χ1v) is 8.91. The zero-order valence-corrected chi connectivity index (χ0v) is 16.2. The number of alkyl halides is 3. The molecule has 0 bridgehead atoms. The first-order valence-electron chi connectivity index (χ1n) is 8.91. The van der Waals surface area contributed by atoms with Crippen molar-refractivity contribution in [2.75, 3.05) is 31.2 Å². The zero-order valence-electron chi connectivity index (χ0n) is 16.2. The first-order chi connectivity index (χ1) is 15.2. The molecule has 0 spiro atoms. The van der Waals surface area contributed by atoms with Gasteiger partial charge in [0.15, 0.2) is 11.5 Å². The van der Waals surface area contributed by atoms with Crippen molar-refractivity contribution in [1.82, 2.24) is 29.3 Å². The number of hydrogen-bond donors (Lipinski definition) is 2. The van der Waals surface area contributed by atoms with Gasteiger partial charge in [-0.2, -0.15) is 23.1 Å². The van der Waals surface area contributed by atoms with Gasteiger partial charge in [0.1, 0.15) is 30.2 Å². The van der Waals surface area contributed by atoms with Crippen LogP contribution < -0.4 is 10.5 Å². The Morgan fingerprint density at radius 3 is 2.47 bits per heavy atom. The number of halogens is 3. The van der Waals surface area contributed by atoms with Crippen molar-refractivity contribution in [1.29, 1.82) is 5.26 Å². The van der Waals surface area contributed by atoms with E-state index in [0.717, 1.165) is 18.9 Å². The van der Waals surface area contributed by atoms with Crippen molar-refractivity contribution in [3.05, 3.63) is 47.2 Å². The molecule has 3 aromatic heterocycles. The summed E-state index contributed by atoms with van der Waals surface area (Å²) in [5.41, 5.74) is 0.290. The molecule has 4 rings (SSSR count). The van der Waals surface area contributed by atoms with Gasteiger partial charge in [-0.3, -0.25) is 14.5 Å². The van der Waals surface area contributed by atoms with E-state index in [4.69, 9.17) is 19.9 Å². The highest BCUT2D eigenvalue weighted by molar-refractivity contribution is 5.73. The number of nitriles is 1. The van der Waals surface area contributed by atoms with Crippen molar-refractivity contribution in [3.63, 3.8) is 0 Å². The van der Waals surface area contributed by atoms with Crippen LogP contribution in [-0.4, -0.2) is 72.9 Å². The number of anilines is 1. The molecule has 0 amide bonds. The molecule has 168 valence electrons. The van der Waals surface area contributed by atoms with Crippen molar-refractivity contribution >= 4 is 11.8 Å². The summed E-state index contributed by atoms with van der Waals surface area (Å²) in [5.74, 6) is -1.58. The average Bonchev–Trinajstić information content (AvgIpc) is 3.40. The number of ether oxygens (including phenoxy) is 1. The quantitative estimate of drug-likeness (QED) is 0.577. The molecule has 1 saturated heterocycles. The van der Waals surface area contributed by atoms with E-state index in [-0.39, 0.29) is 11.3 Å². The zero-order chi connectivity index (χ0) is 23.3. The smallest absolute Gasteiger partial charge is 0.475 e. The standard InChI is InChI=1S/C15H14N8O2.C2HF3O2/c16-6-11-8-22(10-19-11)12-7-20-23(15(12)24)14-5-13(17-9-18-14)21-1-3-25-4-2-21;3-2(4,5)1(6)7/h5,7-10,20H,1-4H2;(H,6,7). The second kappa shape index (κ2) is 9.31. The normalized spacial score (nSPS) is 13.8. The second-order valence-electron chi connectivity index (χ2n) is 6.21. The molecule has 1 fully saturated rings. The van der Waals surface area contributed by atoms with Gasteiger partial charge < -0.3 is 14.7 Å². The van der Waals surface area contributed by atoms with Crippen LogP contribution in [0.4, 0.5) is 19.0 Å². The Labute approximate surface area is 177 Å². The Morgan fingerprint density at radius 1 is 1.22 bits per heavy atom. The van der Waals surface area contributed by atoms with Crippen molar-refractivity contribution in [2.45, 2.75) is 6.18 Å². The number of H-pyrrole nitrogens is 1. The van der Waals surface area contributed by atoms with E-state index in [1.54, 1.807) is 12.3 Å². The van der Waals surface area contributed by atoms with E-state index in [1.165, 1.54) is 28.1 Å². The van der Waals surface area contributed by atoms with Gasteiger partial charge in [0, 0.05) is 31.5 Å². The third-order valence-corrected chi connectivity index (χ3v) is 4.17. The van der Waals surface area contributed by atoms with Gasteiger partial charge in [-0.05, 0) is 0 Å². The van der Waals surface area contributed by atoms with Gasteiger partial charge in [0.25, 0.3) is 5.56 Å². The van der Waals surface area contributed by atoms with E-state index < -0.39 is 12.1 Å². The summed E-state index contributed by atoms with van der Waals surface area (Å²) in [5, 5.41) is 18.9. The van der Waals surface area contributed by atoms with Crippen LogP contribution in [0, 0.1) is 11.3 Å². The number of nitrogens with zero attached hydrogens (tertiary/aromatic N) is 7. The van der Waals surface area contributed by atoms with Gasteiger partial charge in [0.05, 0.1) is 13.2 Å². The number of aromatic amines is 1. The fraction of sp³-hybridized carbons (Fsp3) is 0.294. The minimum Gasteiger partial charge on any atom is -0.475 e. The van der Waals surface area contributed by atoms with Gasteiger partial charge in [-0.15, -0.1) is 0 Å². The number of aromatic nitrogens is 6. The summed E-state index contributed by atoms with van der Waals surface area (Å²) in [6, 6.07) is 3.68. The molecule has 0 aliphatic carbocycles. The Hall–Kier alpha value is -4.19. The maximum Gasteiger partial charge on any atom is 0.490 e. The minimum atomic E-state index is -5.08. The lowest BCUT2D eigenvalue weighted by Crippen LogP contribution is -2.37. The lowest BCUT2D eigenvalue weighted by Gasteiger charge is -2.27. The molecule has 32 heavy (non-hydrogen) atoms. The summed E-state index contributed by atoms with van der Waals surface area (Å²) in [7, 11) is 0. The third-order valence-electron chi connectivity index (χ3n) is 4.17. The van der Waals surface area contributed by atoms with Crippen molar-refractivity contribution in [2.24, 2.45) is 0 Å². The Balaban J connectivity index is 0.000000360. The summed E-state index contributed by atoms with van der Waals surface area (Å²) >= 11 is 0. The van der Waals surface area contributed by atoms with Crippen LogP contribution in [0.15, 0.2) is 35.9 Å². The number of morpholine rings is 1. The van der Waals surface area contributed by atoms with Crippen LogP contribution >= 0.6 is 0 Å². The van der Waals surface area contributed by atoms with Crippen LogP contribution in [0.25, 0.3) is 11.5 Å². The first kappa shape index (κ1) is 22.5. The largest absolute Gasteiger partial charge is 0.490 e. The van der Waals surface area contributed by atoms with Crippen molar-refractivity contribution < 1.29 is 27.8 Å². The molecule has 0 aromatic carbocycles. The molecule has 0 saturated carbocycles. The fourth-order valence-corrected chi connectivity index (χ4v) is 2.65. The molecule has 15 heteroatoms. The van der Waals surface area contributed by atoms with Crippen LogP contribution in [0.3, 0.4) is 0 Å². The van der Waals surface area contributed by atoms with Crippen LogP contribution in [0.1, 0.15) is 5.69 Å². The van der Waals surface area contributed by atoms with Gasteiger partial charge in [0.2, 0.25) is 0 Å². The number of carbonyl (C=O) groups is 1. The lowest BCUT2D eigenvalue weighted by atomic mass is 10.4. The van der Waals surface area contributed by atoms with Crippen LogP contribution in [0.5, 0.6) is 0 Å². The molecule has 1 aliphatic heterocycles. The van der Waals surface area contributed by atoms with E-state index >= 15 is 0 Å². The number of aliphatic carboxylic acids is 1. The predicted octanol–water partition coefficient (Wildman–Crippen LogP) is 0.483. The van der Waals surface area contributed by atoms with E-state index in [2.05, 4.69) is 25.0 Å². The van der Waals surface area contributed by atoms with Crippen LogP contribution in [0.2, 0.25) is 0 Å². The summed E-state index contributed by atoms with van der Waals surface area (Å²) < 4.78 is 39.9. The number of rotatable bonds is 3. The Morgan fingerprint density at radius 2 is 1.88 bits per heavy atom. The number of carboxylic acid groups (broad SMARTS) is 1. The number of imidazole rings is 1. The fourth-order valence-electron chi connectivity index (χ4n) is 2.65. The number of nitrogens with one attached hydrogen (secondary N) is 1. The SMILES string of the molecule is N#Cc1cn(-c2c[nH]n(-c3cc(N4CCOCC4)ncn3)c2=O)cn1.O=C(O)C(F)(F)F. The molecule has 0 radical (unpaired) electrons. The highest BCUT2D eigenvalue weighted by Crippen LogP contribution is 2.15. The maximum atomic E-state index is 12.7. The average molecular weight is 452 g/mol. The van der Waals surface area contributed by atoms with E-state index in [0.29, 0.717) is 24.7 Å².